The Balaban J connectivity index is 1.63. The molecule has 1 saturated carbocycles. The third kappa shape index (κ3) is 5.53. The number of para-hydroxylation sites is 1. The maximum Gasteiger partial charge on any atom is 0.248 e. The highest BCUT2D eigenvalue weighted by Crippen LogP contribution is 2.38. The predicted molar refractivity (Wildman–Crippen MR) is 142 cm³/mol. The number of primary amides is 1. The molecule has 0 unspecified atom stereocenters. The Hall–Kier alpha value is -2.86. The molecule has 6 heteroatoms. The van der Waals surface area contributed by atoms with Gasteiger partial charge in [0.25, 0.3) is 0 Å². The topological polar surface area (TPSA) is 92.7 Å². The van der Waals surface area contributed by atoms with Crippen LogP contribution in [0.2, 0.25) is 0 Å². The van der Waals surface area contributed by atoms with Gasteiger partial charge in [-0.25, -0.2) is 0 Å². The van der Waals surface area contributed by atoms with Crippen LogP contribution in [0, 0.1) is 11.8 Å². The molecule has 0 spiro atoms. The smallest absolute Gasteiger partial charge is 0.248 e. The third-order valence-corrected chi connectivity index (χ3v) is 8.08. The number of nitrogens with two attached hydrogens (primary N) is 2. The lowest BCUT2D eigenvalue weighted by atomic mass is 9.74. The van der Waals surface area contributed by atoms with E-state index in [1.54, 1.807) is 4.90 Å². The minimum Gasteiger partial charge on any atom is -0.378 e. The van der Waals surface area contributed by atoms with E-state index in [0.717, 1.165) is 28.9 Å². The number of hydrogen-bond donors (Lipinski definition) is 2. The first-order chi connectivity index (χ1) is 16.8. The average molecular weight is 477 g/mol. The van der Waals surface area contributed by atoms with Gasteiger partial charge in [-0.2, -0.15) is 0 Å². The predicted octanol–water partition coefficient (Wildman–Crippen LogP) is 4.39. The fourth-order valence-electron chi connectivity index (χ4n) is 5.89. The lowest BCUT2D eigenvalue weighted by Gasteiger charge is -2.37. The molecule has 1 aliphatic heterocycles. The Morgan fingerprint density at radius 2 is 1.77 bits per heavy atom. The maximum atomic E-state index is 14.2. The van der Waals surface area contributed by atoms with Gasteiger partial charge < -0.3 is 21.3 Å². The number of carbonyl (C=O) groups excluding carboxylic acids is 2. The van der Waals surface area contributed by atoms with Gasteiger partial charge in [-0.1, -0.05) is 62.4 Å². The molecule has 0 radical (unpaired) electrons. The van der Waals surface area contributed by atoms with Crippen LogP contribution in [0.4, 0.5) is 11.4 Å². The number of fused-ring (bicyclic) bond motifs is 1. The van der Waals surface area contributed by atoms with Gasteiger partial charge in [0, 0.05) is 25.5 Å². The van der Waals surface area contributed by atoms with Crippen molar-refractivity contribution >= 4 is 23.2 Å². The van der Waals surface area contributed by atoms with E-state index in [0.29, 0.717) is 31.7 Å². The van der Waals surface area contributed by atoms with Crippen LogP contribution in [0.3, 0.4) is 0 Å². The molecular formula is C29H40N4O2. The average Bonchev–Trinajstić information content (AvgIpc) is 2.96. The van der Waals surface area contributed by atoms with Crippen molar-refractivity contribution in [2.24, 2.45) is 23.3 Å². The maximum absolute atomic E-state index is 14.2. The molecule has 0 aromatic heterocycles. The lowest BCUT2D eigenvalue weighted by molar-refractivity contribution is -0.134. The molecule has 0 saturated heterocycles. The minimum absolute atomic E-state index is 0.202. The number of benzene rings is 2. The molecule has 2 aromatic carbocycles. The Labute approximate surface area is 209 Å². The SMILES string of the molecule is CN(C)c1ccc(CN2C(=O)[C@@](N)([C@H](CCC3CCCCC3)C(N)=O)CCc3ccccc32)cc1. The van der Waals surface area contributed by atoms with Crippen LogP contribution in [0.5, 0.6) is 0 Å². The van der Waals surface area contributed by atoms with Gasteiger partial charge in [0.05, 0.1) is 12.5 Å². The number of rotatable bonds is 8. The highest BCUT2D eigenvalue weighted by atomic mass is 16.2. The van der Waals surface area contributed by atoms with Crippen LogP contribution in [-0.4, -0.2) is 31.4 Å². The first-order valence-electron chi connectivity index (χ1n) is 13.0. The van der Waals surface area contributed by atoms with Crippen LogP contribution in [0.15, 0.2) is 48.5 Å². The third-order valence-electron chi connectivity index (χ3n) is 8.08. The van der Waals surface area contributed by atoms with Crippen molar-refractivity contribution in [1.29, 1.82) is 0 Å². The van der Waals surface area contributed by atoms with Gasteiger partial charge >= 0.3 is 0 Å². The van der Waals surface area contributed by atoms with Crippen LogP contribution in [0.25, 0.3) is 0 Å². The van der Waals surface area contributed by atoms with E-state index in [2.05, 4.69) is 18.2 Å². The summed E-state index contributed by atoms with van der Waals surface area (Å²) in [4.78, 5) is 30.8. The highest BCUT2D eigenvalue weighted by Gasteiger charge is 2.48. The molecule has 1 fully saturated rings. The van der Waals surface area contributed by atoms with Gasteiger partial charge in [0.1, 0.15) is 5.54 Å². The summed E-state index contributed by atoms with van der Waals surface area (Å²) in [6.45, 7) is 0.399. The summed E-state index contributed by atoms with van der Waals surface area (Å²) >= 11 is 0. The standard InChI is InChI=1S/C29H40N4O2/c1-32(2)24-15-12-22(13-16-24)20-33-26-11-7-6-10-23(26)18-19-29(31,28(33)35)25(27(30)34)17-14-21-8-4-3-5-9-21/h6-7,10-13,15-16,21,25H,3-5,8-9,14,17-20,31H2,1-2H3,(H2,30,34)/t25-,29+/m1/s1. The molecule has 1 heterocycles. The van der Waals surface area contributed by atoms with E-state index in [1.807, 2.05) is 49.3 Å². The summed E-state index contributed by atoms with van der Waals surface area (Å²) in [7, 11) is 4.01. The second-order valence-corrected chi connectivity index (χ2v) is 10.7. The molecule has 2 amide bonds. The van der Waals surface area contributed by atoms with E-state index >= 15 is 0 Å². The molecule has 6 nitrogen and oxygen atoms in total. The molecule has 0 bridgehead atoms. The number of amides is 2. The zero-order chi connectivity index (χ0) is 25.0. The quantitative estimate of drug-likeness (QED) is 0.591. The largest absolute Gasteiger partial charge is 0.378 e. The van der Waals surface area contributed by atoms with Crippen molar-refractivity contribution in [2.45, 2.75) is 69.9 Å². The van der Waals surface area contributed by atoms with Crippen molar-refractivity contribution in [3.8, 4) is 0 Å². The van der Waals surface area contributed by atoms with E-state index in [1.165, 1.54) is 32.1 Å². The zero-order valence-electron chi connectivity index (χ0n) is 21.2. The van der Waals surface area contributed by atoms with E-state index in [-0.39, 0.29) is 5.91 Å². The van der Waals surface area contributed by atoms with Crippen LogP contribution in [0.1, 0.15) is 62.5 Å². The first kappa shape index (κ1) is 25.2. The highest BCUT2D eigenvalue weighted by molar-refractivity contribution is 6.04. The summed E-state index contributed by atoms with van der Waals surface area (Å²) < 4.78 is 0. The monoisotopic (exact) mass is 476 g/mol. The number of nitrogens with zero attached hydrogens (tertiary/aromatic N) is 2. The van der Waals surface area contributed by atoms with Crippen molar-refractivity contribution in [3.63, 3.8) is 0 Å². The van der Waals surface area contributed by atoms with E-state index in [4.69, 9.17) is 11.5 Å². The molecule has 188 valence electrons. The molecule has 35 heavy (non-hydrogen) atoms. The molecule has 2 aromatic rings. The van der Waals surface area contributed by atoms with Crippen molar-refractivity contribution in [2.75, 3.05) is 23.9 Å². The summed E-state index contributed by atoms with van der Waals surface area (Å²) in [6.07, 6.45) is 8.69. The van der Waals surface area contributed by atoms with Gasteiger partial charge in [-0.3, -0.25) is 9.59 Å². The van der Waals surface area contributed by atoms with Crippen LogP contribution >= 0.6 is 0 Å². The molecule has 1 aliphatic carbocycles. The summed E-state index contributed by atoms with van der Waals surface area (Å²) in [5.74, 6) is -0.743. The summed E-state index contributed by atoms with van der Waals surface area (Å²) in [6, 6.07) is 16.2. The Morgan fingerprint density at radius 3 is 2.43 bits per heavy atom. The second kappa shape index (κ2) is 10.8. The van der Waals surface area contributed by atoms with Gasteiger partial charge in [-0.15, -0.1) is 0 Å². The Morgan fingerprint density at radius 1 is 1.09 bits per heavy atom. The summed E-state index contributed by atoms with van der Waals surface area (Å²) in [5, 5.41) is 0. The Kier molecular flexibility index (Phi) is 7.80. The Bertz CT molecular complexity index is 1030. The van der Waals surface area contributed by atoms with Crippen LogP contribution in [-0.2, 0) is 22.6 Å². The van der Waals surface area contributed by atoms with Crippen LogP contribution < -0.4 is 21.3 Å². The minimum atomic E-state index is -1.32. The number of aryl methyl sites for hydroxylation is 1. The van der Waals surface area contributed by atoms with Crippen molar-refractivity contribution in [3.05, 3.63) is 59.7 Å². The number of anilines is 2. The number of carbonyl (C=O) groups is 2. The van der Waals surface area contributed by atoms with Crippen molar-refractivity contribution < 1.29 is 9.59 Å². The molecule has 2 aliphatic rings. The molecule has 4 rings (SSSR count). The molecular weight excluding hydrogens is 436 g/mol. The van der Waals surface area contributed by atoms with Crippen molar-refractivity contribution in [1.82, 2.24) is 0 Å². The normalized spacial score (nSPS) is 21.8. The summed E-state index contributed by atoms with van der Waals surface area (Å²) in [5.41, 5.74) is 15.6. The lowest BCUT2D eigenvalue weighted by Crippen LogP contribution is -2.62. The first-order valence-corrected chi connectivity index (χ1v) is 13.0. The van der Waals surface area contributed by atoms with Gasteiger partial charge in [0.15, 0.2) is 0 Å². The number of hydrogen-bond acceptors (Lipinski definition) is 4. The second-order valence-electron chi connectivity index (χ2n) is 10.7. The van der Waals surface area contributed by atoms with E-state index in [9.17, 15) is 9.59 Å². The zero-order valence-corrected chi connectivity index (χ0v) is 21.2. The van der Waals surface area contributed by atoms with E-state index < -0.39 is 17.4 Å². The van der Waals surface area contributed by atoms with Gasteiger partial charge in [0.2, 0.25) is 11.8 Å². The fraction of sp³-hybridized carbons (Fsp3) is 0.517. The molecule has 2 atom stereocenters. The molecule has 4 N–H and O–H groups in total. The van der Waals surface area contributed by atoms with Gasteiger partial charge in [-0.05, 0) is 60.9 Å². The fourth-order valence-corrected chi connectivity index (χ4v) is 5.89.